The second kappa shape index (κ2) is 4.19. The van der Waals surface area contributed by atoms with Gasteiger partial charge in [-0.05, 0) is 12.8 Å². The second-order valence-corrected chi connectivity index (χ2v) is 4.16. The van der Waals surface area contributed by atoms with E-state index in [-0.39, 0.29) is 12.6 Å². The van der Waals surface area contributed by atoms with Gasteiger partial charge in [0, 0.05) is 6.54 Å². The Balaban J connectivity index is 2.36. The Morgan fingerprint density at radius 1 is 1.62 bits per heavy atom. The summed E-state index contributed by atoms with van der Waals surface area (Å²) in [6.45, 7) is 0.543. The summed E-state index contributed by atoms with van der Waals surface area (Å²) in [7, 11) is -4.40. The van der Waals surface area contributed by atoms with E-state index < -0.39 is 7.82 Å². The minimum Gasteiger partial charge on any atom is -0.340 e. The fourth-order valence-electron chi connectivity index (χ4n) is 1.36. The van der Waals surface area contributed by atoms with Gasteiger partial charge >= 0.3 is 7.82 Å². The van der Waals surface area contributed by atoms with Crippen molar-refractivity contribution < 1.29 is 23.7 Å². The number of likely N-dealkylation sites (tertiary alicyclic amines) is 1. The normalized spacial score (nSPS) is 23.5. The molecule has 0 aromatic rings. The van der Waals surface area contributed by atoms with Crippen molar-refractivity contribution >= 4 is 14.2 Å². The molecule has 1 rings (SSSR count). The van der Waals surface area contributed by atoms with Gasteiger partial charge in [0.1, 0.15) is 0 Å². The lowest BCUT2D eigenvalue weighted by Gasteiger charge is -2.19. The van der Waals surface area contributed by atoms with Crippen molar-refractivity contribution in [1.29, 1.82) is 0 Å². The molecule has 0 radical (unpaired) electrons. The third-order valence-electron chi connectivity index (χ3n) is 1.99. The quantitative estimate of drug-likeness (QED) is 0.491. The highest BCUT2D eigenvalue weighted by Crippen LogP contribution is 2.36. The minimum atomic E-state index is -4.40. The first kappa shape index (κ1) is 10.7. The van der Waals surface area contributed by atoms with Crippen LogP contribution in [-0.2, 0) is 13.9 Å². The molecule has 1 aliphatic heterocycles. The van der Waals surface area contributed by atoms with Gasteiger partial charge in [0.05, 0.1) is 12.6 Å². The van der Waals surface area contributed by atoms with Crippen LogP contribution in [0.4, 0.5) is 0 Å². The average molecular weight is 209 g/mol. The SMILES string of the molecule is O=CN1CCC[C@H]1COP(=O)(O)O. The molecule has 1 fully saturated rings. The topological polar surface area (TPSA) is 87.1 Å². The molecule has 0 unspecified atom stereocenters. The molecule has 7 heteroatoms. The van der Waals surface area contributed by atoms with Gasteiger partial charge in [-0.3, -0.25) is 9.32 Å². The molecule has 0 aromatic heterocycles. The van der Waals surface area contributed by atoms with E-state index in [4.69, 9.17) is 9.79 Å². The van der Waals surface area contributed by atoms with Crippen molar-refractivity contribution in [2.45, 2.75) is 18.9 Å². The Bertz CT molecular complexity index is 227. The van der Waals surface area contributed by atoms with E-state index in [9.17, 15) is 9.36 Å². The van der Waals surface area contributed by atoms with Gasteiger partial charge in [-0.2, -0.15) is 0 Å². The van der Waals surface area contributed by atoms with Gasteiger partial charge in [0.25, 0.3) is 0 Å². The predicted molar refractivity (Wildman–Crippen MR) is 43.8 cm³/mol. The molecule has 1 atom stereocenters. The van der Waals surface area contributed by atoms with Crippen LogP contribution in [-0.4, -0.2) is 40.3 Å². The number of amides is 1. The summed E-state index contributed by atoms with van der Waals surface area (Å²) in [5, 5.41) is 0. The molecule has 0 aromatic carbocycles. The standard InChI is InChI=1S/C6H12NO5P/c8-5-7-3-1-2-6(7)4-12-13(9,10)11/h5-6H,1-4H2,(H2,9,10,11)/t6-/m0/s1. The van der Waals surface area contributed by atoms with E-state index in [0.29, 0.717) is 13.0 Å². The lowest BCUT2D eigenvalue weighted by molar-refractivity contribution is -0.119. The smallest absolute Gasteiger partial charge is 0.340 e. The number of hydrogen-bond donors (Lipinski definition) is 2. The largest absolute Gasteiger partial charge is 0.469 e. The lowest BCUT2D eigenvalue weighted by atomic mass is 10.2. The third-order valence-corrected chi connectivity index (χ3v) is 2.48. The summed E-state index contributed by atoms with van der Waals surface area (Å²) in [6, 6.07) is -0.190. The zero-order chi connectivity index (χ0) is 9.90. The molecule has 6 nitrogen and oxygen atoms in total. The maximum absolute atomic E-state index is 10.4. The van der Waals surface area contributed by atoms with Gasteiger partial charge in [0.2, 0.25) is 6.41 Å². The first-order chi connectivity index (χ1) is 6.03. The van der Waals surface area contributed by atoms with Crippen LogP contribution < -0.4 is 0 Å². The summed E-state index contributed by atoms with van der Waals surface area (Å²) >= 11 is 0. The summed E-state index contributed by atoms with van der Waals surface area (Å²) < 4.78 is 14.7. The van der Waals surface area contributed by atoms with E-state index >= 15 is 0 Å². The molecular weight excluding hydrogens is 197 g/mol. The summed E-state index contributed by atoms with van der Waals surface area (Å²) in [4.78, 5) is 28.8. The number of phosphoric acid groups is 1. The van der Waals surface area contributed by atoms with Crippen LogP contribution >= 0.6 is 7.82 Å². The highest BCUT2D eigenvalue weighted by atomic mass is 31.2. The van der Waals surface area contributed by atoms with E-state index in [1.165, 1.54) is 4.90 Å². The van der Waals surface area contributed by atoms with Gasteiger partial charge in [-0.25, -0.2) is 4.57 Å². The number of phosphoric ester groups is 1. The van der Waals surface area contributed by atoms with E-state index in [1.807, 2.05) is 0 Å². The van der Waals surface area contributed by atoms with Crippen molar-refractivity contribution in [1.82, 2.24) is 4.90 Å². The summed E-state index contributed by atoms with van der Waals surface area (Å²) in [6.07, 6.45) is 2.27. The second-order valence-electron chi connectivity index (χ2n) is 2.93. The Labute approximate surface area is 75.7 Å². The van der Waals surface area contributed by atoms with E-state index in [0.717, 1.165) is 12.8 Å². The van der Waals surface area contributed by atoms with Crippen molar-refractivity contribution in [3.63, 3.8) is 0 Å². The van der Waals surface area contributed by atoms with Crippen LogP contribution in [0.1, 0.15) is 12.8 Å². The molecule has 1 amide bonds. The Kier molecular flexibility index (Phi) is 3.44. The fraction of sp³-hybridized carbons (Fsp3) is 0.833. The average Bonchev–Trinajstić information content (AvgIpc) is 2.46. The number of nitrogens with zero attached hydrogens (tertiary/aromatic N) is 1. The van der Waals surface area contributed by atoms with E-state index in [1.54, 1.807) is 0 Å². The summed E-state index contributed by atoms with van der Waals surface area (Å²) in [5.74, 6) is 0. The van der Waals surface area contributed by atoms with E-state index in [2.05, 4.69) is 4.52 Å². The molecule has 0 spiro atoms. The highest BCUT2D eigenvalue weighted by molar-refractivity contribution is 7.46. The monoisotopic (exact) mass is 209 g/mol. The molecule has 1 aliphatic rings. The van der Waals surface area contributed by atoms with Crippen molar-refractivity contribution in [2.24, 2.45) is 0 Å². The van der Waals surface area contributed by atoms with Crippen molar-refractivity contribution in [3.8, 4) is 0 Å². The predicted octanol–water partition coefficient (Wildman–Crippen LogP) is -0.284. The first-order valence-electron chi connectivity index (χ1n) is 3.94. The van der Waals surface area contributed by atoms with Crippen molar-refractivity contribution in [3.05, 3.63) is 0 Å². The number of hydrogen-bond acceptors (Lipinski definition) is 3. The molecule has 0 saturated carbocycles. The third kappa shape index (κ3) is 3.44. The van der Waals surface area contributed by atoms with Crippen LogP contribution in [0, 0.1) is 0 Å². The minimum absolute atomic E-state index is 0.0942. The van der Waals surface area contributed by atoms with Crippen molar-refractivity contribution in [2.75, 3.05) is 13.2 Å². The fourth-order valence-corrected chi connectivity index (χ4v) is 1.73. The zero-order valence-electron chi connectivity index (χ0n) is 7.00. The van der Waals surface area contributed by atoms with Gasteiger partial charge < -0.3 is 14.7 Å². The molecule has 2 N–H and O–H groups in total. The van der Waals surface area contributed by atoms with Crippen LogP contribution in [0.2, 0.25) is 0 Å². The number of rotatable bonds is 4. The Morgan fingerprint density at radius 3 is 2.85 bits per heavy atom. The Hall–Kier alpha value is -0.420. The first-order valence-corrected chi connectivity index (χ1v) is 5.47. The maximum atomic E-state index is 10.4. The van der Waals surface area contributed by atoms with Gasteiger partial charge in [-0.15, -0.1) is 0 Å². The van der Waals surface area contributed by atoms with Gasteiger partial charge in [0.15, 0.2) is 0 Å². The molecule has 1 heterocycles. The van der Waals surface area contributed by atoms with Gasteiger partial charge in [-0.1, -0.05) is 0 Å². The Morgan fingerprint density at radius 2 is 2.31 bits per heavy atom. The van der Waals surface area contributed by atoms with Crippen LogP contribution in [0.5, 0.6) is 0 Å². The molecule has 0 aliphatic carbocycles. The molecule has 1 saturated heterocycles. The number of carbonyl (C=O) groups is 1. The molecule has 0 bridgehead atoms. The lowest BCUT2D eigenvalue weighted by Crippen LogP contribution is -2.31. The highest BCUT2D eigenvalue weighted by Gasteiger charge is 2.26. The van der Waals surface area contributed by atoms with Crippen LogP contribution in [0.25, 0.3) is 0 Å². The molecular formula is C6H12NO5P. The molecule has 76 valence electrons. The number of carbonyl (C=O) groups excluding carboxylic acids is 1. The summed E-state index contributed by atoms with van der Waals surface area (Å²) in [5.41, 5.74) is 0. The zero-order valence-corrected chi connectivity index (χ0v) is 7.89. The maximum Gasteiger partial charge on any atom is 0.469 e. The van der Waals surface area contributed by atoms with Crippen LogP contribution in [0.3, 0.4) is 0 Å². The van der Waals surface area contributed by atoms with Crippen LogP contribution in [0.15, 0.2) is 0 Å². The molecule has 13 heavy (non-hydrogen) atoms.